The lowest BCUT2D eigenvalue weighted by Crippen LogP contribution is -2.12. The topological polar surface area (TPSA) is 63.0 Å². The van der Waals surface area contributed by atoms with Gasteiger partial charge >= 0.3 is 5.97 Å². The summed E-state index contributed by atoms with van der Waals surface area (Å²) in [5.41, 5.74) is 0.574. The van der Waals surface area contributed by atoms with Crippen molar-refractivity contribution in [3.8, 4) is 6.07 Å². The minimum Gasteiger partial charge on any atom is -0.443 e. The van der Waals surface area contributed by atoms with E-state index in [2.05, 4.69) is 4.98 Å². The number of esters is 1. The number of nitrogens with zero attached hydrogens (tertiary/aromatic N) is 2. The monoisotopic (exact) mass is 252 g/mol. The van der Waals surface area contributed by atoms with Crippen molar-refractivity contribution >= 4 is 17.3 Å². The Balaban J connectivity index is 2.97. The normalized spacial score (nSPS) is 12.9. The first-order valence-corrected chi connectivity index (χ1v) is 6.16. The number of hydrogen-bond donors (Lipinski definition) is 0. The van der Waals surface area contributed by atoms with E-state index in [9.17, 15) is 4.79 Å². The molecular formula is C12H16N2O2S. The van der Waals surface area contributed by atoms with Crippen molar-refractivity contribution in [3.05, 3.63) is 15.6 Å². The number of carbonyl (C=O) groups excluding carboxylic acids is 1. The third-order valence-electron chi connectivity index (χ3n) is 2.09. The summed E-state index contributed by atoms with van der Waals surface area (Å²) in [7, 11) is 0. The fourth-order valence-electron chi connectivity index (χ4n) is 1.15. The molecule has 0 bridgehead atoms. The maximum Gasteiger partial charge on any atom is 0.351 e. The Morgan fingerprint density at radius 2 is 2.12 bits per heavy atom. The van der Waals surface area contributed by atoms with Gasteiger partial charge in [0, 0.05) is 5.41 Å². The number of ether oxygens (including phenoxy) is 1. The fraction of sp³-hybridized carbons (Fsp3) is 0.583. The zero-order chi connectivity index (χ0) is 13.2. The number of hydrogen-bond acceptors (Lipinski definition) is 5. The van der Waals surface area contributed by atoms with Crippen molar-refractivity contribution in [1.29, 1.82) is 5.26 Å². The number of rotatable bonds is 2. The van der Waals surface area contributed by atoms with Gasteiger partial charge in [-0.05, 0) is 13.8 Å². The summed E-state index contributed by atoms with van der Waals surface area (Å²) >= 11 is 1.33. The SMILES string of the molecule is Cc1nc(C(C)(C)C)sc1C(=O)OC(C)C#N. The highest BCUT2D eigenvalue weighted by molar-refractivity contribution is 7.13. The summed E-state index contributed by atoms with van der Waals surface area (Å²) in [6.07, 6.45) is -0.734. The lowest BCUT2D eigenvalue weighted by Gasteiger charge is -2.13. The summed E-state index contributed by atoms with van der Waals surface area (Å²) < 4.78 is 4.96. The van der Waals surface area contributed by atoms with E-state index >= 15 is 0 Å². The second-order valence-corrected chi connectivity index (χ2v) is 5.86. The van der Waals surface area contributed by atoms with Crippen LogP contribution in [0.1, 0.15) is 48.1 Å². The van der Waals surface area contributed by atoms with Crippen LogP contribution in [0.3, 0.4) is 0 Å². The molecule has 0 fully saturated rings. The Kier molecular flexibility index (Phi) is 3.89. The molecular weight excluding hydrogens is 236 g/mol. The van der Waals surface area contributed by atoms with E-state index in [-0.39, 0.29) is 5.41 Å². The third-order valence-corrected chi connectivity index (χ3v) is 3.65. The maximum absolute atomic E-state index is 11.8. The lowest BCUT2D eigenvalue weighted by molar-refractivity contribution is 0.0440. The highest BCUT2D eigenvalue weighted by Gasteiger charge is 2.24. The minimum absolute atomic E-state index is 0.0885. The van der Waals surface area contributed by atoms with Gasteiger partial charge in [0.1, 0.15) is 10.9 Å². The molecule has 1 aromatic heterocycles. The van der Waals surface area contributed by atoms with E-state index in [0.717, 1.165) is 5.01 Å². The standard InChI is InChI=1S/C12H16N2O2S/c1-7(6-13)16-10(15)9-8(2)14-11(17-9)12(3,4)5/h7H,1-5H3. The Hall–Kier alpha value is -1.41. The average Bonchev–Trinajstić information content (AvgIpc) is 2.59. The van der Waals surface area contributed by atoms with Crippen LogP contribution in [0.4, 0.5) is 0 Å². The first-order valence-electron chi connectivity index (χ1n) is 5.34. The number of carbonyl (C=O) groups is 1. The first kappa shape index (κ1) is 13.7. The van der Waals surface area contributed by atoms with Gasteiger partial charge in [-0.2, -0.15) is 5.26 Å². The molecule has 0 amide bonds. The molecule has 1 rings (SSSR count). The molecule has 1 unspecified atom stereocenters. The molecule has 0 aliphatic carbocycles. The van der Waals surface area contributed by atoms with Crippen molar-refractivity contribution in [1.82, 2.24) is 4.98 Å². The minimum atomic E-state index is -0.734. The molecule has 0 spiro atoms. The van der Waals surface area contributed by atoms with Gasteiger partial charge < -0.3 is 4.74 Å². The van der Waals surface area contributed by atoms with E-state index < -0.39 is 12.1 Å². The van der Waals surface area contributed by atoms with E-state index in [1.165, 1.54) is 11.3 Å². The molecule has 0 saturated carbocycles. The quantitative estimate of drug-likeness (QED) is 0.759. The van der Waals surface area contributed by atoms with Crippen LogP contribution in [0.5, 0.6) is 0 Å². The molecule has 1 heterocycles. The number of nitriles is 1. The van der Waals surface area contributed by atoms with E-state index in [1.54, 1.807) is 13.8 Å². The Labute approximate surface area is 105 Å². The van der Waals surface area contributed by atoms with Crippen LogP contribution < -0.4 is 0 Å². The van der Waals surface area contributed by atoms with E-state index in [0.29, 0.717) is 10.6 Å². The lowest BCUT2D eigenvalue weighted by atomic mass is 9.98. The number of aryl methyl sites for hydroxylation is 1. The van der Waals surface area contributed by atoms with E-state index in [1.807, 2.05) is 26.8 Å². The summed E-state index contributed by atoms with van der Waals surface area (Å²) in [6, 6.07) is 1.86. The van der Waals surface area contributed by atoms with Gasteiger partial charge in [-0.1, -0.05) is 20.8 Å². The second-order valence-electron chi connectivity index (χ2n) is 4.86. The van der Waals surface area contributed by atoms with Gasteiger partial charge in [0.2, 0.25) is 0 Å². The van der Waals surface area contributed by atoms with Crippen LogP contribution in [0, 0.1) is 18.3 Å². The smallest absolute Gasteiger partial charge is 0.351 e. The largest absolute Gasteiger partial charge is 0.443 e. The third kappa shape index (κ3) is 3.27. The van der Waals surface area contributed by atoms with Crippen molar-refractivity contribution in [2.24, 2.45) is 0 Å². The number of aromatic nitrogens is 1. The highest BCUT2D eigenvalue weighted by atomic mass is 32.1. The Bertz CT molecular complexity index is 466. The maximum atomic E-state index is 11.8. The fourth-order valence-corrected chi connectivity index (χ4v) is 2.15. The average molecular weight is 252 g/mol. The molecule has 0 saturated heterocycles. The van der Waals surface area contributed by atoms with Gasteiger partial charge in [-0.25, -0.2) is 9.78 Å². The van der Waals surface area contributed by atoms with Gasteiger partial charge in [0.15, 0.2) is 6.10 Å². The Morgan fingerprint density at radius 3 is 2.53 bits per heavy atom. The summed E-state index contributed by atoms with van der Waals surface area (Å²) in [5, 5.41) is 9.49. The zero-order valence-electron chi connectivity index (χ0n) is 10.7. The molecule has 1 atom stereocenters. The van der Waals surface area contributed by atoms with Crippen LogP contribution in [0.15, 0.2) is 0 Å². The molecule has 92 valence electrons. The van der Waals surface area contributed by atoms with Gasteiger partial charge in [-0.15, -0.1) is 11.3 Å². The van der Waals surface area contributed by atoms with Crippen molar-refractivity contribution in [2.45, 2.75) is 46.1 Å². The van der Waals surface area contributed by atoms with Gasteiger partial charge in [0.25, 0.3) is 0 Å². The first-order chi connectivity index (χ1) is 7.75. The summed E-state index contributed by atoms with van der Waals surface area (Å²) in [4.78, 5) is 16.6. The van der Waals surface area contributed by atoms with E-state index in [4.69, 9.17) is 10.00 Å². The van der Waals surface area contributed by atoms with Gasteiger partial charge in [0.05, 0.1) is 10.7 Å². The van der Waals surface area contributed by atoms with Crippen LogP contribution >= 0.6 is 11.3 Å². The molecule has 0 N–H and O–H groups in total. The van der Waals surface area contributed by atoms with Crippen molar-refractivity contribution < 1.29 is 9.53 Å². The zero-order valence-corrected chi connectivity index (χ0v) is 11.5. The second kappa shape index (κ2) is 4.84. The number of thiazole rings is 1. The molecule has 1 aromatic rings. The molecule has 0 aromatic carbocycles. The van der Waals surface area contributed by atoms with Gasteiger partial charge in [-0.3, -0.25) is 0 Å². The highest BCUT2D eigenvalue weighted by Crippen LogP contribution is 2.29. The van der Waals surface area contributed by atoms with Crippen molar-refractivity contribution in [2.75, 3.05) is 0 Å². The van der Waals surface area contributed by atoms with Crippen LogP contribution in [-0.2, 0) is 10.2 Å². The molecule has 0 aliphatic heterocycles. The van der Waals surface area contributed by atoms with Crippen LogP contribution in [-0.4, -0.2) is 17.1 Å². The van der Waals surface area contributed by atoms with Crippen molar-refractivity contribution in [3.63, 3.8) is 0 Å². The van der Waals surface area contributed by atoms with Crippen LogP contribution in [0.25, 0.3) is 0 Å². The molecule has 5 heteroatoms. The Morgan fingerprint density at radius 1 is 1.53 bits per heavy atom. The predicted octanol–water partition coefficient (Wildman–Crippen LogP) is 2.82. The summed E-state index contributed by atoms with van der Waals surface area (Å²) in [5.74, 6) is -0.468. The predicted molar refractivity (Wildman–Crippen MR) is 66.0 cm³/mol. The van der Waals surface area contributed by atoms with Crippen LogP contribution in [0.2, 0.25) is 0 Å². The molecule has 4 nitrogen and oxygen atoms in total. The molecule has 0 aliphatic rings. The molecule has 17 heavy (non-hydrogen) atoms. The summed E-state index contributed by atoms with van der Waals surface area (Å²) in [6.45, 7) is 9.44. The molecule has 0 radical (unpaired) electrons.